The highest BCUT2D eigenvalue weighted by molar-refractivity contribution is 5.75. The molecule has 0 aliphatic rings. The van der Waals surface area contributed by atoms with E-state index in [2.05, 4.69) is 24.1 Å². The smallest absolute Gasteiger partial charge is 0.239 e. The van der Waals surface area contributed by atoms with Gasteiger partial charge in [0.15, 0.2) is 0 Å². The lowest BCUT2D eigenvalue weighted by molar-refractivity contribution is -0.121. The summed E-state index contributed by atoms with van der Waals surface area (Å²) < 4.78 is 1.75. The Morgan fingerprint density at radius 1 is 1.57 bits per heavy atom. The van der Waals surface area contributed by atoms with Crippen molar-refractivity contribution in [2.45, 2.75) is 26.8 Å². The number of hydrogen-bond donors (Lipinski definition) is 1. The van der Waals surface area contributed by atoms with Crippen molar-refractivity contribution >= 4 is 5.91 Å². The number of nitrogens with one attached hydrogen (secondary N) is 1. The third-order valence-electron chi connectivity index (χ3n) is 1.93. The first-order valence-corrected chi connectivity index (χ1v) is 4.91. The van der Waals surface area contributed by atoms with Gasteiger partial charge in [0.1, 0.15) is 6.54 Å². The summed E-state index contributed by atoms with van der Waals surface area (Å²) in [5, 5.41) is 2.86. The summed E-state index contributed by atoms with van der Waals surface area (Å²) >= 11 is 0. The normalized spacial score (nSPS) is 10.5. The molecule has 0 aliphatic carbocycles. The zero-order chi connectivity index (χ0) is 10.4. The summed E-state index contributed by atoms with van der Waals surface area (Å²) in [5.74, 6) is 0.673. The van der Waals surface area contributed by atoms with Crippen LogP contribution >= 0.6 is 0 Å². The zero-order valence-corrected chi connectivity index (χ0v) is 8.73. The first kappa shape index (κ1) is 10.8. The molecule has 0 aliphatic heterocycles. The van der Waals surface area contributed by atoms with E-state index in [1.54, 1.807) is 23.3 Å². The maximum Gasteiger partial charge on any atom is 0.239 e. The molecule has 4 nitrogen and oxygen atoms in total. The van der Waals surface area contributed by atoms with Crippen molar-refractivity contribution in [1.29, 1.82) is 0 Å². The SMILES string of the molecule is CC(C)CCNC(=O)Cn1ccnc1. The van der Waals surface area contributed by atoms with Crippen LogP contribution in [0.15, 0.2) is 18.7 Å². The second kappa shape index (κ2) is 5.42. The van der Waals surface area contributed by atoms with E-state index < -0.39 is 0 Å². The first-order valence-electron chi connectivity index (χ1n) is 4.91. The molecule has 1 aromatic rings. The van der Waals surface area contributed by atoms with Gasteiger partial charge >= 0.3 is 0 Å². The second-order valence-electron chi connectivity index (χ2n) is 3.77. The number of carbonyl (C=O) groups excluding carboxylic acids is 1. The standard InChI is InChI=1S/C10H17N3O/c1-9(2)3-4-12-10(14)7-13-6-5-11-8-13/h5-6,8-9H,3-4,7H2,1-2H3,(H,12,14). The molecule has 1 heterocycles. The van der Waals surface area contributed by atoms with Crippen LogP contribution < -0.4 is 5.32 Å². The van der Waals surface area contributed by atoms with Crippen LogP contribution in [0.4, 0.5) is 0 Å². The van der Waals surface area contributed by atoms with E-state index in [4.69, 9.17) is 0 Å². The van der Waals surface area contributed by atoms with E-state index in [1.165, 1.54) is 0 Å². The predicted octanol–water partition coefficient (Wildman–Crippen LogP) is 1.05. The molecular weight excluding hydrogens is 178 g/mol. The minimum absolute atomic E-state index is 0.0450. The highest BCUT2D eigenvalue weighted by Crippen LogP contribution is 1.96. The van der Waals surface area contributed by atoms with Crippen LogP contribution in [0.5, 0.6) is 0 Å². The van der Waals surface area contributed by atoms with E-state index in [0.29, 0.717) is 12.5 Å². The van der Waals surface area contributed by atoms with Crippen LogP contribution in [-0.2, 0) is 11.3 Å². The van der Waals surface area contributed by atoms with Crippen LogP contribution in [0.2, 0.25) is 0 Å². The van der Waals surface area contributed by atoms with Crippen molar-refractivity contribution in [1.82, 2.24) is 14.9 Å². The van der Waals surface area contributed by atoms with E-state index in [-0.39, 0.29) is 5.91 Å². The van der Waals surface area contributed by atoms with Gasteiger partial charge in [-0.15, -0.1) is 0 Å². The van der Waals surface area contributed by atoms with Crippen molar-refractivity contribution in [2.75, 3.05) is 6.54 Å². The van der Waals surface area contributed by atoms with Crippen LogP contribution in [-0.4, -0.2) is 22.0 Å². The molecule has 0 saturated carbocycles. The van der Waals surface area contributed by atoms with Gasteiger partial charge in [-0.05, 0) is 12.3 Å². The number of amides is 1. The fraction of sp³-hybridized carbons (Fsp3) is 0.600. The highest BCUT2D eigenvalue weighted by atomic mass is 16.1. The Morgan fingerprint density at radius 3 is 2.93 bits per heavy atom. The number of imidazole rings is 1. The molecule has 1 N–H and O–H groups in total. The van der Waals surface area contributed by atoms with E-state index in [0.717, 1.165) is 13.0 Å². The van der Waals surface area contributed by atoms with Crippen molar-refractivity contribution in [3.8, 4) is 0 Å². The summed E-state index contributed by atoms with van der Waals surface area (Å²) in [6, 6.07) is 0. The molecular formula is C10H17N3O. The van der Waals surface area contributed by atoms with E-state index >= 15 is 0 Å². The Bertz CT molecular complexity index is 267. The molecule has 1 aromatic heterocycles. The lowest BCUT2D eigenvalue weighted by Gasteiger charge is -2.07. The van der Waals surface area contributed by atoms with Crippen molar-refractivity contribution in [2.24, 2.45) is 5.92 Å². The highest BCUT2D eigenvalue weighted by Gasteiger charge is 2.01. The quantitative estimate of drug-likeness (QED) is 0.763. The zero-order valence-electron chi connectivity index (χ0n) is 8.73. The minimum atomic E-state index is 0.0450. The molecule has 1 amide bonds. The summed E-state index contributed by atoms with van der Waals surface area (Å²) in [4.78, 5) is 15.2. The predicted molar refractivity (Wildman–Crippen MR) is 54.7 cm³/mol. The van der Waals surface area contributed by atoms with Crippen LogP contribution in [0.3, 0.4) is 0 Å². The van der Waals surface area contributed by atoms with Gasteiger partial charge in [-0.25, -0.2) is 4.98 Å². The lowest BCUT2D eigenvalue weighted by atomic mass is 10.1. The number of rotatable bonds is 5. The molecule has 0 spiro atoms. The van der Waals surface area contributed by atoms with Crippen LogP contribution in [0.25, 0.3) is 0 Å². The summed E-state index contributed by atoms with van der Waals surface area (Å²) in [6.45, 7) is 5.40. The van der Waals surface area contributed by atoms with Gasteiger partial charge in [0, 0.05) is 18.9 Å². The van der Waals surface area contributed by atoms with Gasteiger partial charge < -0.3 is 9.88 Å². The largest absolute Gasteiger partial charge is 0.355 e. The molecule has 0 aromatic carbocycles. The molecule has 0 radical (unpaired) electrons. The minimum Gasteiger partial charge on any atom is -0.355 e. The maximum absolute atomic E-state index is 11.3. The van der Waals surface area contributed by atoms with E-state index in [1.807, 2.05) is 0 Å². The summed E-state index contributed by atoms with van der Waals surface area (Å²) in [6.07, 6.45) is 6.11. The maximum atomic E-state index is 11.3. The van der Waals surface area contributed by atoms with Crippen LogP contribution in [0, 0.1) is 5.92 Å². The Balaban J connectivity index is 2.17. The average molecular weight is 195 g/mol. The van der Waals surface area contributed by atoms with E-state index in [9.17, 15) is 4.79 Å². The summed E-state index contributed by atoms with van der Waals surface area (Å²) in [7, 11) is 0. The molecule has 0 saturated heterocycles. The monoisotopic (exact) mass is 195 g/mol. The lowest BCUT2D eigenvalue weighted by Crippen LogP contribution is -2.28. The molecule has 4 heteroatoms. The van der Waals surface area contributed by atoms with Gasteiger partial charge in [0.05, 0.1) is 6.33 Å². The fourth-order valence-electron chi connectivity index (χ4n) is 1.10. The Labute approximate surface area is 84.3 Å². The Morgan fingerprint density at radius 2 is 2.36 bits per heavy atom. The summed E-state index contributed by atoms with van der Waals surface area (Å²) in [5.41, 5.74) is 0. The number of hydrogen-bond acceptors (Lipinski definition) is 2. The van der Waals surface area contributed by atoms with Gasteiger partial charge in [-0.2, -0.15) is 0 Å². The fourth-order valence-corrected chi connectivity index (χ4v) is 1.10. The van der Waals surface area contributed by atoms with Crippen LogP contribution in [0.1, 0.15) is 20.3 Å². The van der Waals surface area contributed by atoms with Gasteiger partial charge in [0.2, 0.25) is 5.91 Å². The molecule has 0 bridgehead atoms. The molecule has 14 heavy (non-hydrogen) atoms. The third-order valence-corrected chi connectivity index (χ3v) is 1.93. The average Bonchev–Trinajstić information content (AvgIpc) is 2.56. The van der Waals surface area contributed by atoms with Gasteiger partial charge in [-0.1, -0.05) is 13.8 Å². The molecule has 78 valence electrons. The van der Waals surface area contributed by atoms with Gasteiger partial charge in [0.25, 0.3) is 0 Å². The van der Waals surface area contributed by atoms with Gasteiger partial charge in [-0.3, -0.25) is 4.79 Å². The molecule has 0 unspecified atom stereocenters. The third kappa shape index (κ3) is 4.07. The second-order valence-corrected chi connectivity index (χ2v) is 3.77. The molecule has 0 fully saturated rings. The van der Waals surface area contributed by atoms with Crippen molar-refractivity contribution in [3.05, 3.63) is 18.7 Å². The van der Waals surface area contributed by atoms with Crippen molar-refractivity contribution in [3.63, 3.8) is 0 Å². The Kier molecular flexibility index (Phi) is 4.16. The number of aromatic nitrogens is 2. The Hall–Kier alpha value is -1.32. The first-order chi connectivity index (χ1) is 6.68. The molecule has 0 atom stereocenters. The number of nitrogens with zero attached hydrogens (tertiary/aromatic N) is 2. The van der Waals surface area contributed by atoms with Crippen molar-refractivity contribution < 1.29 is 4.79 Å². The number of carbonyl (C=O) groups is 1. The molecule has 1 rings (SSSR count). The topological polar surface area (TPSA) is 46.9 Å².